The molecule has 6 heteroatoms. The molecule has 1 N–H and O–H groups in total. The van der Waals surface area contributed by atoms with Gasteiger partial charge in [0.2, 0.25) is 0 Å². The van der Waals surface area contributed by atoms with E-state index in [1.54, 1.807) is 0 Å². The zero-order valence-electron chi connectivity index (χ0n) is 13.5. The maximum absolute atomic E-state index is 11.0. The van der Waals surface area contributed by atoms with Crippen molar-refractivity contribution >= 4 is 5.97 Å². The second kappa shape index (κ2) is 7.84. The van der Waals surface area contributed by atoms with Crippen molar-refractivity contribution < 1.29 is 14.6 Å². The summed E-state index contributed by atoms with van der Waals surface area (Å²) in [5.74, 6) is 0.702. The molecule has 6 nitrogen and oxygen atoms in total. The summed E-state index contributed by atoms with van der Waals surface area (Å²) in [4.78, 5) is 22.3. The highest BCUT2D eigenvalue weighted by molar-refractivity contribution is 5.67. The van der Waals surface area contributed by atoms with Crippen LogP contribution in [-0.4, -0.2) is 51.7 Å². The van der Waals surface area contributed by atoms with Gasteiger partial charge in [0.1, 0.15) is 5.82 Å². The van der Waals surface area contributed by atoms with Crippen molar-refractivity contribution in [2.75, 3.05) is 19.8 Å². The minimum absolute atomic E-state index is 0.0701. The molecule has 1 aliphatic carbocycles. The van der Waals surface area contributed by atoms with Crippen LogP contribution >= 0.6 is 0 Å². The molecule has 126 valence electrons. The third kappa shape index (κ3) is 4.48. The first kappa shape index (κ1) is 16.3. The van der Waals surface area contributed by atoms with Gasteiger partial charge in [-0.2, -0.15) is 0 Å². The fourth-order valence-electron chi connectivity index (χ4n) is 3.54. The van der Waals surface area contributed by atoms with Gasteiger partial charge >= 0.3 is 5.97 Å². The summed E-state index contributed by atoms with van der Waals surface area (Å²) in [5, 5.41) is 9.02. The van der Waals surface area contributed by atoms with E-state index < -0.39 is 5.97 Å². The molecule has 0 radical (unpaired) electrons. The Morgan fingerprint density at radius 3 is 2.70 bits per heavy atom. The molecule has 23 heavy (non-hydrogen) atoms. The number of carboxylic acids is 1. The molecule has 0 bridgehead atoms. The number of morpholine rings is 1. The van der Waals surface area contributed by atoms with Gasteiger partial charge in [0.05, 0.1) is 19.6 Å². The zero-order chi connectivity index (χ0) is 16.1. The average molecular weight is 319 g/mol. The molecule has 1 saturated heterocycles. The molecule has 2 aliphatic rings. The van der Waals surface area contributed by atoms with E-state index in [0.717, 1.165) is 17.9 Å². The number of aromatic nitrogens is 2. The first-order valence-electron chi connectivity index (χ1n) is 8.57. The van der Waals surface area contributed by atoms with Crippen LogP contribution in [0.2, 0.25) is 0 Å². The number of rotatable bonds is 5. The number of ether oxygens (including phenoxy) is 1. The standard InChI is InChI=1S/C17H25N3O3/c21-16(22)8-15-12-23-7-6-20(15)11-13-9-18-17(19-10-13)14-4-2-1-3-5-14/h9-10,14-15H,1-8,11-12H2,(H,21,22). The molecule has 3 rings (SSSR count). The van der Waals surface area contributed by atoms with E-state index >= 15 is 0 Å². The summed E-state index contributed by atoms with van der Waals surface area (Å²) in [6.07, 6.45) is 10.2. The van der Waals surface area contributed by atoms with Gasteiger partial charge in [-0.25, -0.2) is 9.97 Å². The number of carboxylic acid groups (broad SMARTS) is 1. The van der Waals surface area contributed by atoms with E-state index in [9.17, 15) is 4.79 Å². The Kier molecular flexibility index (Phi) is 5.56. The zero-order valence-corrected chi connectivity index (χ0v) is 13.5. The van der Waals surface area contributed by atoms with E-state index in [2.05, 4.69) is 14.9 Å². The molecule has 2 fully saturated rings. The summed E-state index contributed by atoms with van der Waals surface area (Å²) in [5.41, 5.74) is 1.04. The quantitative estimate of drug-likeness (QED) is 0.897. The lowest BCUT2D eigenvalue weighted by molar-refractivity contribution is -0.140. The molecule has 2 heterocycles. The van der Waals surface area contributed by atoms with Crippen LogP contribution in [-0.2, 0) is 16.1 Å². The number of hydrogen-bond donors (Lipinski definition) is 1. The van der Waals surface area contributed by atoms with Gasteiger partial charge in [0.15, 0.2) is 0 Å². The van der Waals surface area contributed by atoms with Crippen LogP contribution in [0.3, 0.4) is 0 Å². The van der Waals surface area contributed by atoms with Gasteiger partial charge in [-0.15, -0.1) is 0 Å². The lowest BCUT2D eigenvalue weighted by Crippen LogP contribution is -2.45. The van der Waals surface area contributed by atoms with Gasteiger partial charge in [0.25, 0.3) is 0 Å². The van der Waals surface area contributed by atoms with Crippen LogP contribution in [0, 0.1) is 0 Å². The molecule has 0 aromatic carbocycles. The average Bonchev–Trinajstić information content (AvgIpc) is 2.58. The number of aliphatic carboxylic acids is 1. The van der Waals surface area contributed by atoms with Crippen molar-refractivity contribution in [3.63, 3.8) is 0 Å². The lowest BCUT2D eigenvalue weighted by Gasteiger charge is -2.34. The number of hydrogen-bond acceptors (Lipinski definition) is 5. The summed E-state index contributed by atoms with van der Waals surface area (Å²) < 4.78 is 5.41. The maximum Gasteiger partial charge on any atom is 0.305 e. The molecule has 0 spiro atoms. The second-order valence-electron chi connectivity index (χ2n) is 6.58. The number of carbonyl (C=O) groups is 1. The molecule has 1 aromatic rings. The summed E-state index contributed by atoms with van der Waals surface area (Å²) in [6.45, 7) is 2.57. The largest absolute Gasteiger partial charge is 0.481 e. The molecule has 0 amide bonds. The first-order valence-corrected chi connectivity index (χ1v) is 8.57. The topological polar surface area (TPSA) is 75.6 Å². The Morgan fingerprint density at radius 2 is 2.00 bits per heavy atom. The Hall–Kier alpha value is -1.53. The highest BCUT2D eigenvalue weighted by Crippen LogP contribution is 2.30. The monoisotopic (exact) mass is 319 g/mol. The van der Waals surface area contributed by atoms with Gasteiger partial charge in [-0.3, -0.25) is 9.69 Å². The van der Waals surface area contributed by atoms with Crippen LogP contribution < -0.4 is 0 Å². The van der Waals surface area contributed by atoms with Crippen molar-refractivity contribution in [3.05, 3.63) is 23.8 Å². The fraction of sp³-hybridized carbons (Fsp3) is 0.706. The Bertz CT molecular complexity index is 514. The van der Waals surface area contributed by atoms with Crippen molar-refractivity contribution in [2.24, 2.45) is 0 Å². The van der Waals surface area contributed by atoms with E-state index in [-0.39, 0.29) is 12.5 Å². The van der Waals surface area contributed by atoms with Gasteiger partial charge in [-0.1, -0.05) is 19.3 Å². The van der Waals surface area contributed by atoms with Crippen molar-refractivity contribution in [1.29, 1.82) is 0 Å². The summed E-state index contributed by atoms with van der Waals surface area (Å²) >= 11 is 0. The van der Waals surface area contributed by atoms with E-state index in [4.69, 9.17) is 9.84 Å². The van der Waals surface area contributed by atoms with Gasteiger partial charge < -0.3 is 9.84 Å². The molecule has 1 atom stereocenters. The molecular weight excluding hydrogens is 294 g/mol. The second-order valence-corrected chi connectivity index (χ2v) is 6.58. The first-order chi connectivity index (χ1) is 11.2. The highest BCUT2D eigenvalue weighted by Gasteiger charge is 2.25. The lowest BCUT2D eigenvalue weighted by atomic mass is 9.89. The van der Waals surface area contributed by atoms with Crippen LogP contribution in [0.5, 0.6) is 0 Å². The van der Waals surface area contributed by atoms with E-state index in [0.29, 0.717) is 25.7 Å². The van der Waals surface area contributed by atoms with Gasteiger partial charge in [-0.05, 0) is 12.8 Å². The van der Waals surface area contributed by atoms with Crippen molar-refractivity contribution in [3.8, 4) is 0 Å². The van der Waals surface area contributed by atoms with Crippen molar-refractivity contribution in [2.45, 2.75) is 57.0 Å². The summed E-state index contributed by atoms with van der Waals surface area (Å²) in [7, 11) is 0. The maximum atomic E-state index is 11.0. The van der Waals surface area contributed by atoms with Crippen LogP contribution in [0.15, 0.2) is 12.4 Å². The SMILES string of the molecule is O=C(O)CC1COCCN1Cc1cnc(C2CCCCC2)nc1. The molecule has 1 aromatic heterocycles. The van der Waals surface area contributed by atoms with E-state index in [1.807, 2.05) is 12.4 Å². The third-order valence-electron chi connectivity index (χ3n) is 4.84. The van der Waals surface area contributed by atoms with Gasteiger partial charge in [0, 0.05) is 43.0 Å². The highest BCUT2D eigenvalue weighted by atomic mass is 16.5. The van der Waals surface area contributed by atoms with Crippen molar-refractivity contribution in [1.82, 2.24) is 14.9 Å². The Balaban J connectivity index is 1.61. The molecule has 1 saturated carbocycles. The molecular formula is C17H25N3O3. The van der Waals surface area contributed by atoms with E-state index in [1.165, 1.54) is 32.1 Å². The molecule has 1 unspecified atom stereocenters. The molecule has 1 aliphatic heterocycles. The summed E-state index contributed by atoms with van der Waals surface area (Å²) in [6, 6.07) is -0.0701. The third-order valence-corrected chi connectivity index (χ3v) is 4.84. The minimum Gasteiger partial charge on any atom is -0.481 e. The minimum atomic E-state index is -0.783. The smallest absolute Gasteiger partial charge is 0.305 e. The predicted molar refractivity (Wildman–Crippen MR) is 85.1 cm³/mol. The predicted octanol–water partition coefficient (Wildman–Crippen LogP) is 2.20. The normalized spacial score (nSPS) is 23.7. The van der Waals surface area contributed by atoms with Crippen LogP contribution in [0.25, 0.3) is 0 Å². The fourth-order valence-corrected chi connectivity index (χ4v) is 3.54. The van der Waals surface area contributed by atoms with Crippen LogP contribution in [0.1, 0.15) is 55.8 Å². The number of nitrogens with zero attached hydrogens (tertiary/aromatic N) is 3. The van der Waals surface area contributed by atoms with Crippen LogP contribution in [0.4, 0.5) is 0 Å². The Labute approximate surface area is 136 Å². The Morgan fingerprint density at radius 1 is 1.26 bits per heavy atom.